The van der Waals surface area contributed by atoms with Gasteiger partial charge in [0.05, 0.1) is 0 Å². The van der Waals surface area contributed by atoms with Crippen LogP contribution in [0.3, 0.4) is 0 Å². The second-order valence-corrected chi connectivity index (χ2v) is 16.0. The molecule has 0 saturated heterocycles. The number of carbonyl (C=O) groups excluding carboxylic acids is 3. The predicted octanol–water partition coefficient (Wildman–Crippen LogP) is 15.9. The highest BCUT2D eigenvalue weighted by atomic mass is 16.6. The Bertz CT molecular complexity index is 1130. The first kappa shape index (κ1) is 55.9. The van der Waals surface area contributed by atoms with Crippen LogP contribution in [-0.2, 0) is 28.6 Å². The van der Waals surface area contributed by atoms with Crippen molar-refractivity contribution in [2.45, 2.75) is 232 Å². The molecule has 6 nitrogen and oxygen atoms in total. The molecular weight excluding hydrogens is 733 g/mol. The first-order chi connectivity index (χ1) is 29.0. The normalized spacial score (nSPS) is 12.7. The summed E-state index contributed by atoms with van der Waals surface area (Å²) in [7, 11) is 0. The number of hydrogen-bond acceptors (Lipinski definition) is 6. The second-order valence-electron chi connectivity index (χ2n) is 16.0. The number of carbonyl (C=O) groups is 3. The summed E-state index contributed by atoms with van der Waals surface area (Å²) >= 11 is 0. The number of rotatable bonds is 43. The van der Waals surface area contributed by atoms with Crippen LogP contribution in [0.25, 0.3) is 0 Å². The third kappa shape index (κ3) is 45.8. The SMILES string of the molecule is CC/C=C\C/C=C\C/C=C\C/C=C\CCCCCCC(=O)OCC(COC(=O)CCCCCCCCCCCC)OC(=O)CCCCCCC/C=C\C/C=C\CCCC. The lowest BCUT2D eigenvalue weighted by Gasteiger charge is -2.18. The van der Waals surface area contributed by atoms with Gasteiger partial charge < -0.3 is 14.2 Å². The van der Waals surface area contributed by atoms with Crippen molar-refractivity contribution in [3.63, 3.8) is 0 Å². The van der Waals surface area contributed by atoms with Gasteiger partial charge in [-0.2, -0.15) is 0 Å². The maximum atomic E-state index is 12.7. The maximum Gasteiger partial charge on any atom is 0.306 e. The molecule has 0 aliphatic rings. The van der Waals surface area contributed by atoms with Gasteiger partial charge in [-0.05, 0) is 83.5 Å². The summed E-state index contributed by atoms with van der Waals surface area (Å²) in [5.74, 6) is -0.930. The van der Waals surface area contributed by atoms with E-state index in [2.05, 4.69) is 93.7 Å². The topological polar surface area (TPSA) is 78.9 Å². The van der Waals surface area contributed by atoms with Gasteiger partial charge in [-0.3, -0.25) is 14.4 Å². The molecule has 338 valence electrons. The van der Waals surface area contributed by atoms with Crippen molar-refractivity contribution < 1.29 is 28.6 Å². The number of allylic oxidation sites excluding steroid dienone is 12. The maximum absolute atomic E-state index is 12.7. The molecule has 0 aromatic carbocycles. The molecule has 0 aromatic rings. The fourth-order valence-electron chi connectivity index (χ4n) is 6.51. The summed E-state index contributed by atoms with van der Waals surface area (Å²) in [6.07, 6.45) is 58.8. The van der Waals surface area contributed by atoms with Crippen molar-refractivity contribution in [2.75, 3.05) is 13.2 Å². The van der Waals surface area contributed by atoms with Crippen LogP contribution >= 0.6 is 0 Å². The van der Waals surface area contributed by atoms with Crippen LogP contribution in [-0.4, -0.2) is 37.2 Å². The molecule has 0 amide bonds. The third-order valence-corrected chi connectivity index (χ3v) is 10.2. The van der Waals surface area contributed by atoms with Crippen LogP contribution in [0.1, 0.15) is 226 Å². The molecule has 0 aliphatic carbocycles. The summed E-state index contributed by atoms with van der Waals surface area (Å²) in [5, 5.41) is 0. The minimum atomic E-state index is -0.789. The molecule has 0 aromatic heterocycles. The van der Waals surface area contributed by atoms with Gasteiger partial charge in [0.2, 0.25) is 0 Å². The summed E-state index contributed by atoms with van der Waals surface area (Å²) in [5.41, 5.74) is 0. The van der Waals surface area contributed by atoms with Gasteiger partial charge in [0.15, 0.2) is 6.10 Å². The molecule has 0 spiro atoms. The smallest absolute Gasteiger partial charge is 0.306 e. The Labute approximate surface area is 363 Å². The first-order valence-corrected chi connectivity index (χ1v) is 24.4. The van der Waals surface area contributed by atoms with Crippen molar-refractivity contribution in [3.05, 3.63) is 72.9 Å². The molecule has 0 aliphatic heterocycles. The van der Waals surface area contributed by atoms with E-state index in [4.69, 9.17) is 14.2 Å². The Kier molecular flexibility index (Phi) is 45.0. The summed E-state index contributed by atoms with van der Waals surface area (Å²) in [6, 6.07) is 0. The number of unbranched alkanes of at least 4 members (excludes halogenated alkanes) is 20. The molecule has 0 N–H and O–H groups in total. The summed E-state index contributed by atoms with van der Waals surface area (Å²) in [4.78, 5) is 37.8. The molecule has 0 fully saturated rings. The fraction of sp³-hybridized carbons (Fsp3) is 0.717. The first-order valence-electron chi connectivity index (χ1n) is 24.4. The van der Waals surface area contributed by atoms with E-state index in [1.807, 2.05) is 0 Å². The third-order valence-electron chi connectivity index (χ3n) is 10.2. The highest BCUT2D eigenvalue weighted by Crippen LogP contribution is 2.14. The van der Waals surface area contributed by atoms with Crippen molar-refractivity contribution in [1.82, 2.24) is 0 Å². The standard InChI is InChI=1S/C53H90O6/c1-4-7-10-13-16-19-22-24-26-27-28-30-31-34-37-40-43-46-52(55)58-49-50(48-57-51(54)45-42-39-36-33-21-18-15-12-9-6-3)59-53(56)47-44-41-38-35-32-29-25-23-20-17-14-11-8-5-2/h7,10,14,16-17,19,23-26,28,30,50H,4-6,8-9,11-13,15,18,20-22,27,29,31-49H2,1-3H3/b10-7-,17-14-,19-16-,25-23-,26-24-,30-28-. The lowest BCUT2D eigenvalue weighted by atomic mass is 10.1. The van der Waals surface area contributed by atoms with Gasteiger partial charge in [-0.15, -0.1) is 0 Å². The van der Waals surface area contributed by atoms with E-state index >= 15 is 0 Å². The Morgan fingerprint density at radius 3 is 1.08 bits per heavy atom. The van der Waals surface area contributed by atoms with Crippen LogP contribution in [0.4, 0.5) is 0 Å². The molecule has 0 rings (SSSR count). The lowest BCUT2D eigenvalue weighted by molar-refractivity contribution is -0.167. The van der Waals surface area contributed by atoms with Gasteiger partial charge in [0, 0.05) is 19.3 Å². The Balaban J connectivity index is 4.43. The van der Waals surface area contributed by atoms with E-state index in [9.17, 15) is 14.4 Å². The van der Waals surface area contributed by atoms with Crippen molar-refractivity contribution in [1.29, 1.82) is 0 Å². The van der Waals surface area contributed by atoms with E-state index in [0.717, 1.165) is 122 Å². The fourth-order valence-corrected chi connectivity index (χ4v) is 6.51. The van der Waals surface area contributed by atoms with Gasteiger partial charge >= 0.3 is 17.9 Å². The highest BCUT2D eigenvalue weighted by Gasteiger charge is 2.19. The molecule has 0 bridgehead atoms. The molecule has 0 saturated carbocycles. The van der Waals surface area contributed by atoms with Crippen LogP contribution in [0.2, 0.25) is 0 Å². The lowest BCUT2D eigenvalue weighted by Crippen LogP contribution is -2.30. The summed E-state index contributed by atoms with van der Waals surface area (Å²) < 4.78 is 16.7. The highest BCUT2D eigenvalue weighted by molar-refractivity contribution is 5.71. The van der Waals surface area contributed by atoms with Crippen LogP contribution in [0.5, 0.6) is 0 Å². The van der Waals surface area contributed by atoms with E-state index in [-0.39, 0.29) is 31.1 Å². The number of ether oxygens (including phenoxy) is 3. The largest absolute Gasteiger partial charge is 0.462 e. The average Bonchev–Trinajstić information content (AvgIpc) is 3.23. The van der Waals surface area contributed by atoms with Crippen LogP contribution in [0.15, 0.2) is 72.9 Å². The van der Waals surface area contributed by atoms with E-state index in [1.165, 1.54) is 64.2 Å². The molecule has 59 heavy (non-hydrogen) atoms. The van der Waals surface area contributed by atoms with Crippen LogP contribution < -0.4 is 0 Å². The van der Waals surface area contributed by atoms with E-state index in [1.54, 1.807) is 0 Å². The zero-order valence-electron chi connectivity index (χ0n) is 38.5. The molecule has 1 atom stereocenters. The average molecular weight is 823 g/mol. The quantitative estimate of drug-likeness (QED) is 0.0264. The predicted molar refractivity (Wildman–Crippen MR) is 251 cm³/mol. The summed E-state index contributed by atoms with van der Waals surface area (Å²) in [6.45, 7) is 6.43. The molecular formula is C53H90O6. The molecule has 0 heterocycles. The van der Waals surface area contributed by atoms with E-state index in [0.29, 0.717) is 19.3 Å². The van der Waals surface area contributed by atoms with Crippen molar-refractivity contribution in [3.8, 4) is 0 Å². The number of esters is 3. The Morgan fingerprint density at radius 2 is 0.678 bits per heavy atom. The van der Waals surface area contributed by atoms with Crippen LogP contribution in [0, 0.1) is 0 Å². The van der Waals surface area contributed by atoms with E-state index < -0.39 is 6.10 Å². The Hall–Kier alpha value is -3.15. The zero-order valence-corrected chi connectivity index (χ0v) is 38.5. The minimum absolute atomic E-state index is 0.0883. The van der Waals surface area contributed by atoms with Gasteiger partial charge in [0.1, 0.15) is 13.2 Å². The second kappa shape index (κ2) is 47.5. The molecule has 1 unspecified atom stereocenters. The molecule has 6 heteroatoms. The van der Waals surface area contributed by atoms with Gasteiger partial charge in [0.25, 0.3) is 0 Å². The number of hydrogen-bond donors (Lipinski definition) is 0. The van der Waals surface area contributed by atoms with Gasteiger partial charge in [-0.25, -0.2) is 0 Å². The van der Waals surface area contributed by atoms with Crippen molar-refractivity contribution in [2.24, 2.45) is 0 Å². The zero-order chi connectivity index (χ0) is 43.0. The van der Waals surface area contributed by atoms with Crippen molar-refractivity contribution >= 4 is 17.9 Å². The van der Waals surface area contributed by atoms with Gasteiger partial charge in [-0.1, -0.05) is 196 Å². The Morgan fingerprint density at radius 1 is 0.356 bits per heavy atom. The minimum Gasteiger partial charge on any atom is -0.462 e. The molecule has 0 radical (unpaired) electrons. The monoisotopic (exact) mass is 823 g/mol.